The van der Waals surface area contributed by atoms with Gasteiger partial charge in [-0.1, -0.05) is 37.6 Å². The Hall–Kier alpha value is -1.55. The predicted molar refractivity (Wildman–Crippen MR) is 83.4 cm³/mol. The molecule has 0 saturated carbocycles. The summed E-state index contributed by atoms with van der Waals surface area (Å²) in [5.41, 5.74) is 0.294. The Morgan fingerprint density at radius 1 is 1.29 bits per heavy atom. The minimum absolute atomic E-state index is 0.0353. The van der Waals surface area contributed by atoms with Crippen LogP contribution in [0.1, 0.15) is 39.2 Å². The number of halogens is 1. The summed E-state index contributed by atoms with van der Waals surface area (Å²) in [5, 5.41) is 12.5. The number of benzene rings is 1. The van der Waals surface area contributed by atoms with Crippen LogP contribution in [0, 0.1) is 5.92 Å². The van der Waals surface area contributed by atoms with E-state index in [9.17, 15) is 9.59 Å². The van der Waals surface area contributed by atoms with E-state index < -0.39 is 11.5 Å². The van der Waals surface area contributed by atoms with Crippen LogP contribution < -0.4 is 5.32 Å². The number of rotatable bonds is 7. The molecule has 0 spiro atoms. The molecule has 1 unspecified atom stereocenters. The molecule has 2 N–H and O–H groups in total. The van der Waals surface area contributed by atoms with Crippen LogP contribution in [0.4, 0.5) is 0 Å². The fourth-order valence-corrected chi connectivity index (χ4v) is 2.12. The monoisotopic (exact) mass is 311 g/mol. The van der Waals surface area contributed by atoms with Gasteiger partial charge >= 0.3 is 5.97 Å². The highest BCUT2D eigenvalue weighted by molar-refractivity contribution is 6.30. The number of carbonyl (C=O) groups excluding carboxylic acids is 1. The number of hydrogen-bond donors (Lipinski definition) is 2. The molecule has 0 radical (unpaired) electrons. The maximum atomic E-state index is 12.1. The molecule has 1 rings (SSSR count). The van der Waals surface area contributed by atoms with Crippen molar-refractivity contribution >= 4 is 23.5 Å². The van der Waals surface area contributed by atoms with Gasteiger partial charge in [-0.05, 0) is 37.0 Å². The lowest BCUT2D eigenvalue weighted by Crippen LogP contribution is -2.51. The molecule has 1 aromatic rings. The fraction of sp³-hybridized carbons (Fsp3) is 0.500. The van der Waals surface area contributed by atoms with Gasteiger partial charge in [0.25, 0.3) is 0 Å². The first kappa shape index (κ1) is 17.5. The molecule has 1 amide bonds. The summed E-state index contributed by atoms with van der Waals surface area (Å²) in [6.07, 6.45) is 0.838. The summed E-state index contributed by atoms with van der Waals surface area (Å²) in [6.45, 7) is 5.58. The van der Waals surface area contributed by atoms with Gasteiger partial charge in [0.05, 0.1) is 6.42 Å². The molecular weight excluding hydrogens is 290 g/mol. The third-order valence-electron chi connectivity index (χ3n) is 3.77. The lowest BCUT2D eigenvalue weighted by Gasteiger charge is -2.33. The van der Waals surface area contributed by atoms with E-state index in [1.807, 2.05) is 26.0 Å². The van der Waals surface area contributed by atoms with Crippen molar-refractivity contribution in [2.45, 2.75) is 45.6 Å². The molecule has 0 aliphatic carbocycles. The van der Waals surface area contributed by atoms with Crippen LogP contribution in [0.25, 0.3) is 0 Å². The molecule has 0 fully saturated rings. The normalized spacial score (nSPS) is 13.8. The van der Waals surface area contributed by atoms with E-state index in [2.05, 4.69) is 5.32 Å². The maximum Gasteiger partial charge on any atom is 0.305 e. The molecular formula is C16H22ClNO3. The van der Waals surface area contributed by atoms with E-state index >= 15 is 0 Å². The molecule has 5 heteroatoms. The molecule has 1 atom stereocenters. The van der Waals surface area contributed by atoms with Crippen molar-refractivity contribution in [3.05, 3.63) is 34.9 Å². The molecule has 0 bridgehead atoms. The SMILES string of the molecule is CC(C)C(C)(CC(=O)O)NC(=O)CCc1ccc(Cl)cc1. The number of aliphatic carboxylic acids is 1. The maximum absolute atomic E-state index is 12.1. The summed E-state index contributed by atoms with van der Waals surface area (Å²) in [4.78, 5) is 23.0. The van der Waals surface area contributed by atoms with Crippen molar-refractivity contribution < 1.29 is 14.7 Å². The van der Waals surface area contributed by atoms with Gasteiger partial charge in [0, 0.05) is 17.0 Å². The topological polar surface area (TPSA) is 66.4 Å². The van der Waals surface area contributed by atoms with Crippen molar-refractivity contribution in [2.24, 2.45) is 5.92 Å². The summed E-state index contributed by atoms with van der Waals surface area (Å²) < 4.78 is 0. The zero-order valence-electron chi connectivity index (χ0n) is 12.6. The van der Waals surface area contributed by atoms with E-state index in [0.29, 0.717) is 17.9 Å². The number of hydrogen-bond acceptors (Lipinski definition) is 2. The Labute approximate surface area is 130 Å². The van der Waals surface area contributed by atoms with Gasteiger partial charge in [-0.3, -0.25) is 9.59 Å². The Bertz CT molecular complexity index is 499. The van der Waals surface area contributed by atoms with Crippen LogP contribution in [-0.4, -0.2) is 22.5 Å². The van der Waals surface area contributed by atoms with Gasteiger partial charge in [0.1, 0.15) is 0 Å². The van der Waals surface area contributed by atoms with Crippen LogP contribution in [0.2, 0.25) is 5.02 Å². The Balaban J connectivity index is 2.58. The number of carbonyl (C=O) groups is 2. The van der Waals surface area contributed by atoms with Crippen LogP contribution >= 0.6 is 11.6 Å². The first-order valence-corrected chi connectivity index (χ1v) is 7.38. The number of aryl methyl sites for hydroxylation is 1. The Kier molecular flexibility index (Phi) is 6.21. The van der Waals surface area contributed by atoms with Crippen molar-refractivity contribution in [2.75, 3.05) is 0 Å². The Morgan fingerprint density at radius 3 is 2.33 bits per heavy atom. The zero-order valence-corrected chi connectivity index (χ0v) is 13.4. The van der Waals surface area contributed by atoms with Gasteiger partial charge < -0.3 is 10.4 Å². The third kappa shape index (κ3) is 5.76. The molecule has 1 aromatic carbocycles. The van der Waals surface area contributed by atoms with Gasteiger partial charge in [-0.25, -0.2) is 0 Å². The number of carboxylic acid groups (broad SMARTS) is 1. The lowest BCUT2D eigenvalue weighted by molar-refractivity contribution is -0.139. The third-order valence-corrected chi connectivity index (χ3v) is 4.02. The summed E-state index contributed by atoms with van der Waals surface area (Å²) in [6, 6.07) is 7.35. The zero-order chi connectivity index (χ0) is 16.0. The molecule has 0 aliphatic heterocycles. The number of amides is 1. The van der Waals surface area contributed by atoms with E-state index in [1.54, 1.807) is 19.1 Å². The highest BCUT2D eigenvalue weighted by Crippen LogP contribution is 2.21. The molecule has 0 saturated heterocycles. The highest BCUT2D eigenvalue weighted by Gasteiger charge is 2.32. The van der Waals surface area contributed by atoms with Gasteiger partial charge in [-0.2, -0.15) is 0 Å². The van der Waals surface area contributed by atoms with Crippen molar-refractivity contribution in [1.29, 1.82) is 0 Å². The molecule has 4 nitrogen and oxygen atoms in total. The average Bonchev–Trinajstić information content (AvgIpc) is 2.36. The average molecular weight is 312 g/mol. The molecule has 0 aliphatic rings. The quantitative estimate of drug-likeness (QED) is 0.812. The van der Waals surface area contributed by atoms with Crippen LogP contribution in [-0.2, 0) is 16.0 Å². The minimum Gasteiger partial charge on any atom is -0.481 e. The first-order chi connectivity index (χ1) is 9.73. The molecule has 21 heavy (non-hydrogen) atoms. The number of carboxylic acids is 1. The van der Waals surface area contributed by atoms with Crippen LogP contribution in [0.3, 0.4) is 0 Å². The van der Waals surface area contributed by atoms with E-state index in [-0.39, 0.29) is 18.2 Å². The summed E-state index contributed by atoms with van der Waals surface area (Å²) in [7, 11) is 0. The first-order valence-electron chi connectivity index (χ1n) is 7.00. The fourth-order valence-electron chi connectivity index (χ4n) is 2.00. The second-order valence-corrected chi connectivity index (χ2v) is 6.25. The van der Waals surface area contributed by atoms with E-state index in [0.717, 1.165) is 5.56 Å². The second kappa shape index (κ2) is 7.46. The van der Waals surface area contributed by atoms with Gasteiger partial charge in [-0.15, -0.1) is 0 Å². The highest BCUT2D eigenvalue weighted by atomic mass is 35.5. The van der Waals surface area contributed by atoms with E-state index in [4.69, 9.17) is 16.7 Å². The smallest absolute Gasteiger partial charge is 0.305 e. The van der Waals surface area contributed by atoms with Crippen molar-refractivity contribution in [3.63, 3.8) is 0 Å². The van der Waals surface area contributed by atoms with Gasteiger partial charge in [0.2, 0.25) is 5.91 Å². The van der Waals surface area contributed by atoms with Crippen molar-refractivity contribution in [3.8, 4) is 0 Å². The van der Waals surface area contributed by atoms with E-state index in [1.165, 1.54) is 0 Å². The lowest BCUT2D eigenvalue weighted by atomic mass is 9.85. The number of nitrogens with one attached hydrogen (secondary N) is 1. The largest absolute Gasteiger partial charge is 0.481 e. The molecule has 116 valence electrons. The van der Waals surface area contributed by atoms with Crippen LogP contribution in [0.15, 0.2) is 24.3 Å². The standard InChI is InChI=1S/C16H22ClNO3/c1-11(2)16(3,10-15(20)21)18-14(19)9-6-12-4-7-13(17)8-5-12/h4-5,7-8,11H,6,9-10H2,1-3H3,(H,18,19)(H,20,21). The predicted octanol–water partition coefficient (Wildman–Crippen LogP) is 3.28. The Morgan fingerprint density at radius 2 is 1.86 bits per heavy atom. The van der Waals surface area contributed by atoms with Gasteiger partial charge in [0.15, 0.2) is 0 Å². The summed E-state index contributed by atoms with van der Waals surface area (Å²) >= 11 is 5.81. The molecule has 0 aromatic heterocycles. The minimum atomic E-state index is -0.913. The van der Waals surface area contributed by atoms with Crippen LogP contribution in [0.5, 0.6) is 0 Å². The summed E-state index contributed by atoms with van der Waals surface area (Å²) in [5.74, 6) is -1.01. The second-order valence-electron chi connectivity index (χ2n) is 5.82. The van der Waals surface area contributed by atoms with Crippen molar-refractivity contribution in [1.82, 2.24) is 5.32 Å². The molecule has 0 heterocycles.